The summed E-state index contributed by atoms with van der Waals surface area (Å²) in [6, 6.07) is 14.2. The second kappa shape index (κ2) is 4.75. The molecule has 2 rings (SSSR count). The number of benzene rings is 2. The third kappa shape index (κ3) is 2.29. The highest BCUT2D eigenvalue weighted by atomic mass is 35.5. The Labute approximate surface area is 114 Å². The summed E-state index contributed by atoms with van der Waals surface area (Å²) in [5.41, 5.74) is 10.4. The van der Waals surface area contributed by atoms with Gasteiger partial charge in [-0.3, -0.25) is 0 Å². The molecule has 94 valence electrons. The molecular formula is C16H18ClN. The Morgan fingerprint density at radius 3 is 2.28 bits per heavy atom. The lowest BCUT2D eigenvalue weighted by atomic mass is 9.83. The van der Waals surface area contributed by atoms with Gasteiger partial charge in [0.15, 0.2) is 0 Å². The van der Waals surface area contributed by atoms with Crippen LogP contribution in [0, 0.1) is 13.8 Å². The van der Waals surface area contributed by atoms with Crippen LogP contribution in [0.5, 0.6) is 0 Å². The van der Waals surface area contributed by atoms with Crippen molar-refractivity contribution in [3.8, 4) is 0 Å². The van der Waals surface area contributed by atoms with E-state index in [0.29, 0.717) is 0 Å². The zero-order chi connectivity index (χ0) is 13.3. The molecule has 0 amide bonds. The highest BCUT2D eigenvalue weighted by Crippen LogP contribution is 2.31. The summed E-state index contributed by atoms with van der Waals surface area (Å²) in [4.78, 5) is 0. The van der Waals surface area contributed by atoms with E-state index in [0.717, 1.165) is 21.7 Å². The SMILES string of the molecule is Cc1ccc(C(C)(N)c2ccccc2C)cc1Cl. The Kier molecular flexibility index (Phi) is 3.47. The van der Waals surface area contributed by atoms with E-state index in [-0.39, 0.29) is 0 Å². The summed E-state index contributed by atoms with van der Waals surface area (Å²) in [7, 11) is 0. The van der Waals surface area contributed by atoms with Crippen molar-refractivity contribution in [1.29, 1.82) is 0 Å². The van der Waals surface area contributed by atoms with E-state index < -0.39 is 5.54 Å². The molecule has 2 heteroatoms. The van der Waals surface area contributed by atoms with Crippen molar-refractivity contribution in [3.63, 3.8) is 0 Å². The Hall–Kier alpha value is -1.31. The lowest BCUT2D eigenvalue weighted by molar-refractivity contribution is 0.599. The molecule has 0 aliphatic carbocycles. The lowest BCUT2D eigenvalue weighted by Crippen LogP contribution is -2.35. The van der Waals surface area contributed by atoms with Crippen molar-refractivity contribution in [3.05, 3.63) is 69.7 Å². The van der Waals surface area contributed by atoms with Crippen LogP contribution in [0.4, 0.5) is 0 Å². The Balaban J connectivity index is 2.54. The molecule has 2 aromatic carbocycles. The quantitative estimate of drug-likeness (QED) is 0.860. The van der Waals surface area contributed by atoms with Gasteiger partial charge in [-0.25, -0.2) is 0 Å². The molecule has 0 spiro atoms. The fraction of sp³-hybridized carbons (Fsp3) is 0.250. The van der Waals surface area contributed by atoms with Crippen molar-refractivity contribution < 1.29 is 0 Å². The van der Waals surface area contributed by atoms with Crippen molar-refractivity contribution in [2.45, 2.75) is 26.3 Å². The minimum atomic E-state index is -0.525. The summed E-state index contributed by atoms with van der Waals surface area (Å²) in [5.74, 6) is 0. The summed E-state index contributed by atoms with van der Waals surface area (Å²) in [6.45, 7) is 6.10. The molecule has 18 heavy (non-hydrogen) atoms. The van der Waals surface area contributed by atoms with Gasteiger partial charge in [0, 0.05) is 5.02 Å². The van der Waals surface area contributed by atoms with Gasteiger partial charge in [-0.05, 0) is 49.1 Å². The maximum absolute atomic E-state index is 6.52. The van der Waals surface area contributed by atoms with Crippen LogP contribution >= 0.6 is 11.6 Å². The van der Waals surface area contributed by atoms with E-state index in [9.17, 15) is 0 Å². The van der Waals surface area contributed by atoms with Crippen LogP contribution in [0.25, 0.3) is 0 Å². The molecule has 0 aliphatic rings. The van der Waals surface area contributed by atoms with Crippen molar-refractivity contribution in [1.82, 2.24) is 0 Å². The van der Waals surface area contributed by atoms with Crippen LogP contribution in [0.1, 0.15) is 29.2 Å². The molecule has 1 unspecified atom stereocenters. The largest absolute Gasteiger partial charge is 0.318 e. The van der Waals surface area contributed by atoms with E-state index in [4.69, 9.17) is 17.3 Å². The second-order valence-electron chi connectivity index (χ2n) is 4.98. The predicted molar refractivity (Wildman–Crippen MR) is 78.0 cm³/mol. The molecule has 2 aromatic rings. The van der Waals surface area contributed by atoms with Crippen molar-refractivity contribution >= 4 is 11.6 Å². The molecule has 0 radical (unpaired) electrons. The van der Waals surface area contributed by atoms with Crippen molar-refractivity contribution in [2.24, 2.45) is 5.73 Å². The summed E-state index contributed by atoms with van der Waals surface area (Å²) in [6.07, 6.45) is 0. The van der Waals surface area contributed by atoms with E-state index in [1.807, 2.05) is 44.2 Å². The zero-order valence-corrected chi connectivity index (χ0v) is 11.8. The molecule has 0 heterocycles. The van der Waals surface area contributed by atoms with Crippen molar-refractivity contribution in [2.75, 3.05) is 0 Å². The smallest absolute Gasteiger partial charge is 0.0640 e. The molecule has 1 nitrogen and oxygen atoms in total. The number of hydrogen-bond acceptors (Lipinski definition) is 1. The van der Waals surface area contributed by atoms with Crippen LogP contribution in [0.3, 0.4) is 0 Å². The molecule has 0 fully saturated rings. The predicted octanol–water partition coefficient (Wildman–Crippen LogP) is 4.18. The average molecular weight is 260 g/mol. The average Bonchev–Trinajstić information content (AvgIpc) is 2.33. The highest BCUT2D eigenvalue weighted by molar-refractivity contribution is 6.31. The van der Waals surface area contributed by atoms with E-state index in [1.165, 1.54) is 5.56 Å². The topological polar surface area (TPSA) is 26.0 Å². The van der Waals surface area contributed by atoms with E-state index in [1.54, 1.807) is 0 Å². The fourth-order valence-electron chi connectivity index (χ4n) is 2.23. The minimum Gasteiger partial charge on any atom is -0.318 e. The van der Waals surface area contributed by atoms with Crippen LogP contribution < -0.4 is 5.73 Å². The molecule has 2 N–H and O–H groups in total. The summed E-state index contributed by atoms with van der Waals surface area (Å²) in [5, 5.41) is 0.762. The third-order valence-electron chi connectivity index (χ3n) is 3.48. The number of hydrogen-bond donors (Lipinski definition) is 1. The maximum atomic E-state index is 6.52. The fourth-order valence-corrected chi connectivity index (χ4v) is 2.41. The lowest BCUT2D eigenvalue weighted by Gasteiger charge is -2.28. The number of aryl methyl sites for hydroxylation is 2. The van der Waals surface area contributed by atoms with Crippen LogP contribution in [-0.2, 0) is 5.54 Å². The summed E-state index contributed by atoms with van der Waals surface area (Å²) < 4.78 is 0. The van der Waals surface area contributed by atoms with Gasteiger partial charge in [0.1, 0.15) is 0 Å². The monoisotopic (exact) mass is 259 g/mol. The van der Waals surface area contributed by atoms with Gasteiger partial charge in [-0.2, -0.15) is 0 Å². The first kappa shape index (κ1) is 13.1. The normalized spacial score (nSPS) is 14.3. The maximum Gasteiger partial charge on any atom is 0.0640 e. The molecule has 0 aromatic heterocycles. The molecule has 0 saturated heterocycles. The van der Waals surface area contributed by atoms with Gasteiger partial charge < -0.3 is 5.73 Å². The number of nitrogens with two attached hydrogens (primary N) is 1. The van der Waals surface area contributed by atoms with Gasteiger partial charge in [-0.1, -0.05) is 48.0 Å². The van der Waals surface area contributed by atoms with Gasteiger partial charge in [-0.15, -0.1) is 0 Å². The third-order valence-corrected chi connectivity index (χ3v) is 3.88. The van der Waals surface area contributed by atoms with E-state index in [2.05, 4.69) is 19.1 Å². The Morgan fingerprint density at radius 1 is 1.00 bits per heavy atom. The first-order valence-electron chi connectivity index (χ1n) is 6.04. The van der Waals surface area contributed by atoms with Crippen LogP contribution in [0.15, 0.2) is 42.5 Å². The molecule has 0 aliphatic heterocycles. The number of rotatable bonds is 2. The molecule has 0 bridgehead atoms. The number of halogens is 1. The van der Waals surface area contributed by atoms with Crippen LogP contribution in [-0.4, -0.2) is 0 Å². The highest BCUT2D eigenvalue weighted by Gasteiger charge is 2.25. The summed E-state index contributed by atoms with van der Waals surface area (Å²) >= 11 is 6.19. The molecule has 1 atom stereocenters. The first-order chi connectivity index (χ1) is 8.43. The minimum absolute atomic E-state index is 0.525. The van der Waals surface area contributed by atoms with Gasteiger partial charge in [0.05, 0.1) is 5.54 Å². The van der Waals surface area contributed by atoms with E-state index >= 15 is 0 Å². The first-order valence-corrected chi connectivity index (χ1v) is 6.42. The Bertz CT molecular complexity index is 573. The van der Waals surface area contributed by atoms with Crippen LogP contribution in [0.2, 0.25) is 5.02 Å². The van der Waals surface area contributed by atoms with Gasteiger partial charge >= 0.3 is 0 Å². The van der Waals surface area contributed by atoms with Gasteiger partial charge in [0.25, 0.3) is 0 Å². The zero-order valence-electron chi connectivity index (χ0n) is 11.0. The second-order valence-corrected chi connectivity index (χ2v) is 5.39. The Morgan fingerprint density at radius 2 is 1.67 bits per heavy atom. The van der Waals surface area contributed by atoms with Gasteiger partial charge in [0.2, 0.25) is 0 Å². The molecular weight excluding hydrogens is 242 g/mol. The molecule has 0 saturated carbocycles. The standard InChI is InChI=1S/C16H18ClN/c1-11-6-4-5-7-14(11)16(3,18)13-9-8-12(2)15(17)10-13/h4-10H,18H2,1-3H3.